The molecule has 2 aromatic rings. The van der Waals surface area contributed by atoms with Gasteiger partial charge in [0.15, 0.2) is 0 Å². The summed E-state index contributed by atoms with van der Waals surface area (Å²) >= 11 is 0. The van der Waals surface area contributed by atoms with Gasteiger partial charge in [0.1, 0.15) is 0 Å². The van der Waals surface area contributed by atoms with Gasteiger partial charge in [-0.3, -0.25) is 4.90 Å². The SMILES string of the molecule is C=CCC1CN(Cc2ccccc2)CCC1NC(C)c1ccccc1. The zero-order chi connectivity index (χ0) is 17.5. The molecule has 132 valence electrons. The van der Waals surface area contributed by atoms with E-state index in [9.17, 15) is 0 Å². The number of benzene rings is 2. The molecule has 25 heavy (non-hydrogen) atoms. The third kappa shape index (κ3) is 5.04. The van der Waals surface area contributed by atoms with Crippen LogP contribution < -0.4 is 5.32 Å². The van der Waals surface area contributed by atoms with E-state index in [1.54, 1.807) is 0 Å². The van der Waals surface area contributed by atoms with E-state index in [0.29, 0.717) is 18.0 Å². The minimum Gasteiger partial charge on any atom is -0.307 e. The molecule has 2 aromatic carbocycles. The van der Waals surface area contributed by atoms with Gasteiger partial charge in [-0.15, -0.1) is 6.58 Å². The second kappa shape index (κ2) is 8.98. The van der Waals surface area contributed by atoms with Crippen LogP contribution in [0.5, 0.6) is 0 Å². The van der Waals surface area contributed by atoms with Crippen LogP contribution in [0.4, 0.5) is 0 Å². The van der Waals surface area contributed by atoms with Crippen LogP contribution in [0.3, 0.4) is 0 Å². The lowest BCUT2D eigenvalue weighted by atomic mass is 9.88. The number of likely N-dealkylation sites (tertiary alicyclic amines) is 1. The van der Waals surface area contributed by atoms with Crippen molar-refractivity contribution in [2.45, 2.75) is 38.4 Å². The maximum Gasteiger partial charge on any atom is 0.0294 e. The molecule has 1 fully saturated rings. The molecule has 3 unspecified atom stereocenters. The summed E-state index contributed by atoms with van der Waals surface area (Å²) in [6.07, 6.45) is 4.35. The van der Waals surface area contributed by atoms with Crippen molar-refractivity contribution in [2.24, 2.45) is 5.92 Å². The highest BCUT2D eigenvalue weighted by Crippen LogP contribution is 2.25. The summed E-state index contributed by atoms with van der Waals surface area (Å²) in [5, 5.41) is 3.88. The Kier molecular flexibility index (Phi) is 6.43. The van der Waals surface area contributed by atoms with Crippen molar-refractivity contribution in [2.75, 3.05) is 13.1 Å². The summed E-state index contributed by atoms with van der Waals surface area (Å²) in [6.45, 7) is 9.61. The van der Waals surface area contributed by atoms with E-state index in [4.69, 9.17) is 0 Å². The Balaban J connectivity index is 1.60. The summed E-state index contributed by atoms with van der Waals surface area (Å²) in [7, 11) is 0. The lowest BCUT2D eigenvalue weighted by molar-refractivity contribution is 0.127. The van der Waals surface area contributed by atoms with Crippen molar-refractivity contribution in [1.29, 1.82) is 0 Å². The minimum absolute atomic E-state index is 0.388. The predicted octanol–water partition coefficient (Wildman–Crippen LogP) is 4.80. The van der Waals surface area contributed by atoms with Crippen LogP contribution in [0.2, 0.25) is 0 Å². The summed E-state index contributed by atoms with van der Waals surface area (Å²) in [5.74, 6) is 0.626. The molecule has 0 saturated carbocycles. The van der Waals surface area contributed by atoms with E-state index in [1.165, 1.54) is 17.5 Å². The quantitative estimate of drug-likeness (QED) is 0.731. The molecule has 1 aliphatic rings. The molecule has 2 nitrogen and oxygen atoms in total. The van der Waals surface area contributed by atoms with Crippen molar-refractivity contribution >= 4 is 0 Å². The molecule has 1 heterocycles. The van der Waals surface area contributed by atoms with Gasteiger partial charge in [-0.05, 0) is 43.4 Å². The maximum absolute atomic E-state index is 3.99. The van der Waals surface area contributed by atoms with Gasteiger partial charge in [-0.1, -0.05) is 66.7 Å². The van der Waals surface area contributed by atoms with Gasteiger partial charge >= 0.3 is 0 Å². The highest BCUT2D eigenvalue weighted by molar-refractivity contribution is 5.18. The zero-order valence-corrected chi connectivity index (χ0v) is 15.3. The first-order valence-corrected chi connectivity index (χ1v) is 9.44. The van der Waals surface area contributed by atoms with Gasteiger partial charge < -0.3 is 5.32 Å². The second-order valence-corrected chi connectivity index (χ2v) is 7.20. The van der Waals surface area contributed by atoms with Crippen molar-refractivity contribution in [3.05, 3.63) is 84.4 Å². The van der Waals surface area contributed by atoms with Crippen LogP contribution in [-0.2, 0) is 6.54 Å². The number of piperidine rings is 1. The van der Waals surface area contributed by atoms with Crippen molar-refractivity contribution < 1.29 is 0 Å². The van der Waals surface area contributed by atoms with E-state index < -0.39 is 0 Å². The second-order valence-electron chi connectivity index (χ2n) is 7.20. The average molecular weight is 335 g/mol. The Hall–Kier alpha value is -1.90. The van der Waals surface area contributed by atoms with Gasteiger partial charge in [0.05, 0.1) is 0 Å². The molecule has 3 rings (SSSR count). The molecular weight excluding hydrogens is 304 g/mol. The first kappa shape index (κ1) is 17.9. The Bertz CT molecular complexity index is 638. The summed E-state index contributed by atoms with van der Waals surface area (Å²) in [6, 6.07) is 22.5. The number of hydrogen-bond acceptors (Lipinski definition) is 2. The average Bonchev–Trinajstić information content (AvgIpc) is 2.65. The predicted molar refractivity (Wildman–Crippen MR) is 106 cm³/mol. The Labute approximate surface area is 152 Å². The number of allylic oxidation sites excluding steroid dienone is 1. The summed E-state index contributed by atoms with van der Waals surface area (Å²) in [5.41, 5.74) is 2.77. The third-order valence-corrected chi connectivity index (χ3v) is 5.30. The molecule has 1 saturated heterocycles. The molecule has 0 amide bonds. The van der Waals surface area contributed by atoms with Crippen LogP contribution >= 0.6 is 0 Å². The van der Waals surface area contributed by atoms with Gasteiger partial charge in [-0.25, -0.2) is 0 Å². The van der Waals surface area contributed by atoms with Crippen molar-refractivity contribution in [3.8, 4) is 0 Å². The van der Waals surface area contributed by atoms with E-state index in [1.807, 2.05) is 0 Å². The largest absolute Gasteiger partial charge is 0.307 e. The molecule has 0 spiro atoms. The third-order valence-electron chi connectivity index (χ3n) is 5.30. The van der Waals surface area contributed by atoms with Gasteiger partial charge in [0, 0.05) is 25.2 Å². The maximum atomic E-state index is 3.99. The lowest BCUT2D eigenvalue weighted by Crippen LogP contribution is -2.49. The number of nitrogens with zero attached hydrogens (tertiary/aromatic N) is 1. The highest BCUT2D eigenvalue weighted by Gasteiger charge is 2.29. The number of rotatable bonds is 7. The smallest absolute Gasteiger partial charge is 0.0294 e. The number of hydrogen-bond donors (Lipinski definition) is 1. The molecule has 0 aliphatic carbocycles. The molecule has 1 aliphatic heterocycles. The molecular formula is C23H30N2. The topological polar surface area (TPSA) is 15.3 Å². The van der Waals surface area contributed by atoms with Gasteiger partial charge in [-0.2, -0.15) is 0 Å². The molecule has 0 bridgehead atoms. The fourth-order valence-corrected chi connectivity index (χ4v) is 3.92. The monoisotopic (exact) mass is 334 g/mol. The summed E-state index contributed by atoms with van der Waals surface area (Å²) < 4.78 is 0. The van der Waals surface area contributed by atoms with E-state index >= 15 is 0 Å². The zero-order valence-electron chi connectivity index (χ0n) is 15.3. The molecule has 0 aromatic heterocycles. The first-order valence-electron chi connectivity index (χ1n) is 9.44. The van der Waals surface area contributed by atoms with Crippen molar-refractivity contribution in [3.63, 3.8) is 0 Å². The van der Waals surface area contributed by atoms with Crippen molar-refractivity contribution in [1.82, 2.24) is 10.2 Å². The first-order chi connectivity index (χ1) is 12.3. The highest BCUT2D eigenvalue weighted by atomic mass is 15.2. The molecule has 0 radical (unpaired) electrons. The Morgan fingerprint density at radius 2 is 1.80 bits per heavy atom. The minimum atomic E-state index is 0.388. The van der Waals surface area contributed by atoms with E-state index in [-0.39, 0.29) is 0 Å². The van der Waals surface area contributed by atoms with E-state index in [2.05, 4.69) is 90.5 Å². The van der Waals surface area contributed by atoms with E-state index in [0.717, 1.165) is 26.1 Å². The molecule has 1 N–H and O–H groups in total. The molecule has 3 atom stereocenters. The Morgan fingerprint density at radius 3 is 2.48 bits per heavy atom. The molecule has 2 heteroatoms. The lowest BCUT2D eigenvalue weighted by Gasteiger charge is -2.40. The Morgan fingerprint density at radius 1 is 1.12 bits per heavy atom. The van der Waals surface area contributed by atoms with Gasteiger partial charge in [0.2, 0.25) is 0 Å². The fraction of sp³-hybridized carbons (Fsp3) is 0.391. The van der Waals surface area contributed by atoms with Crippen LogP contribution in [0.25, 0.3) is 0 Å². The normalized spacial score (nSPS) is 22.4. The van der Waals surface area contributed by atoms with Crippen LogP contribution in [0, 0.1) is 5.92 Å². The standard InChI is InChI=1S/C23H30N2/c1-3-10-22-18-25(17-20-11-6-4-7-12-20)16-15-23(22)24-19(2)21-13-8-5-9-14-21/h3-9,11-14,19,22-24H,1,10,15-18H2,2H3. The van der Waals surface area contributed by atoms with Crippen LogP contribution in [0.15, 0.2) is 73.3 Å². The summed E-state index contributed by atoms with van der Waals surface area (Å²) in [4.78, 5) is 2.59. The van der Waals surface area contributed by atoms with Crippen LogP contribution in [0.1, 0.15) is 36.9 Å². The van der Waals surface area contributed by atoms with Gasteiger partial charge in [0.25, 0.3) is 0 Å². The fourth-order valence-electron chi connectivity index (χ4n) is 3.92. The van der Waals surface area contributed by atoms with Crippen LogP contribution in [-0.4, -0.2) is 24.0 Å². The number of nitrogens with one attached hydrogen (secondary N) is 1.